The van der Waals surface area contributed by atoms with Crippen molar-refractivity contribution in [1.29, 1.82) is 0 Å². The number of hydrogen-bond donors (Lipinski definition) is 2. The minimum absolute atomic E-state index is 1.14. The molecule has 0 aliphatic heterocycles. The molecule has 0 saturated carbocycles. The lowest BCUT2D eigenvalue weighted by Gasteiger charge is -1.92. The van der Waals surface area contributed by atoms with Gasteiger partial charge in [-0.1, -0.05) is 18.2 Å². The molecule has 0 amide bonds. The van der Waals surface area contributed by atoms with Gasteiger partial charge < -0.3 is 8.51 Å². The molecule has 1 aromatic carbocycles. The Labute approximate surface area is 78.5 Å². The second kappa shape index (κ2) is 2.73. The minimum atomic E-state index is 1.14. The number of H-pyrrole nitrogens is 1. The average Bonchev–Trinajstić information content (AvgIpc) is 2.47. The normalized spacial score (nSPS) is 10.3. The smallest absolute Gasteiger partial charge is 0.0684 e. The van der Waals surface area contributed by atoms with E-state index in [-0.39, 0.29) is 0 Å². The summed E-state index contributed by atoms with van der Waals surface area (Å²) in [7, 11) is 0. The topological polar surface area (TPSA) is 27.8 Å². The molecule has 2 nitrogen and oxygen atoms in total. The third-order valence-electron chi connectivity index (χ3n) is 1.69. The third kappa shape index (κ3) is 1.09. The van der Waals surface area contributed by atoms with E-state index >= 15 is 0 Å². The molecule has 1 aromatic heterocycles. The van der Waals surface area contributed by atoms with Crippen LogP contribution in [-0.2, 0) is 0 Å². The Kier molecular flexibility index (Phi) is 1.73. The first-order valence-electron chi connectivity index (χ1n) is 3.34. The van der Waals surface area contributed by atoms with Crippen molar-refractivity contribution in [3.63, 3.8) is 0 Å². The molecule has 3 heteroatoms. The number of nitrogens with one attached hydrogen (secondary N) is 2. The van der Waals surface area contributed by atoms with Gasteiger partial charge in [0, 0.05) is 17.1 Å². The van der Waals surface area contributed by atoms with Gasteiger partial charge in [-0.15, -0.1) is 0 Å². The lowest BCUT2D eigenvalue weighted by atomic mass is 10.2. The van der Waals surface area contributed by atoms with Crippen LogP contribution in [0, 0.1) is 0 Å². The highest BCUT2D eigenvalue weighted by Crippen LogP contribution is 2.23. The van der Waals surface area contributed by atoms with Crippen molar-refractivity contribution in [3.8, 4) is 0 Å². The van der Waals surface area contributed by atoms with Gasteiger partial charge in [0.15, 0.2) is 0 Å². The maximum atomic E-state index is 3.17. The first kappa shape index (κ1) is 6.97. The summed E-state index contributed by atoms with van der Waals surface area (Å²) in [4.78, 5) is 3.17. The van der Waals surface area contributed by atoms with Gasteiger partial charge >= 0.3 is 0 Å². The number of aromatic nitrogens is 1. The van der Waals surface area contributed by atoms with Gasteiger partial charge in [-0.25, -0.2) is 0 Å². The number of anilines is 1. The van der Waals surface area contributed by atoms with Gasteiger partial charge in [-0.05, 0) is 6.07 Å². The summed E-state index contributed by atoms with van der Waals surface area (Å²) in [6, 6.07) is 8.21. The Hall–Kier alpha value is -0.710. The van der Waals surface area contributed by atoms with E-state index in [1.165, 1.54) is 10.9 Å². The first-order valence-corrected chi connectivity index (χ1v) is 4.42. The molecule has 11 heavy (non-hydrogen) atoms. The summed E-state index contributed by atoms with van der Waals surface area (Å²) in [5, 5.41) is 1.24. The molecule has 0 aliphatic carbocycles. The van der Waals surface area contributed by atoms with Crippen molar-refractivity contribution in [1.82, 2.24) is 4.98 Å². The van der Waals surface area contributed by atoms with Gasteiger partial charge in [0.05, 0.1) is 28.6 Å². The largest absolute Gasteiger partial charge is 0.359 e. The van der Waals surface area contributed by atoms with Crippen LogP contribution in [0.15, 0.2) is 30.5 Å². The highest BCUT2D eigenvalue weighted by molar-refractivity contribution is 14.1. The molecule has 56 valence electrons. The Balaban J connectivity index is 2.76. The van der Waals surface area contributed by atoms with Crippen LogP contribution in [0.2, 0.25) is 0 Å². The number of halogens is 1. The lowest BCUT2D eigenvalue weighted by Crippen LogP contribution is -1.73. The fourth-order valence-corrected chi connectivity index (χ4v) is 1.60. The highest BCUT2D eigenvalue weighted by atomic mass is 127. The maximum absolute atomic E-state index is 3.17. The molecule has 1 heterocycles. The van der Waals surface area contributed by atoms with Crippen LogP contribution in [0.4, 0.5) is 5.69 Å². The summed E-state index contributed by atoms with van der Waals surface area (Å²) in [6.07, 6.45) is 1.97. The Bertz CT molecular complexity index is 367. The van der Waals surface area contributed by atoms with Crippen LogP contribution in [-0.4, -0.2) is 4.98 Å². The molecule has 0 bridgehead atoms. The van der Waals surface area contributed by atoms with Crippen molar-refractivity contribution < 1.29 is 0 Å². The molecule has 2 rings (SSSR count). The van der Waals surface area contributed by atoms with E-state index in [1.807, 2.05) is 18.3 Å². The Morgan fingerprint density at radius 3 is 2.91 bits per heavy atom. The van der Waals surface area contributed by atoms with E-state index in [0.717, 1.165) is 5.69 Å². The van der Waals surface area contributed by atoms with E-state index in [2.05, 4.69) is 43.5 Å². The van der Waals surface area contributed by atoms with E-state index < -0.39 is 0 Å². The lowest BCUT2D eigenvalue weighted by molar-refractivity contribution is 1.48. The number of aromatic amines is 1. The van der Waals surface area contributed by atoms with Gasteiger partial charge in [0.2, 0.25) is 0 Å². The van der Waals surface area contributed by atoms with Crippen LogP contribution < -0.4 is 3.53 Å². The molecule has 2 aromatic rings. The predicted octanol–water partition coefficient (Wildman–Crippen LogP) is 2.93. The van der Waals surface area contributed by atoms with Crippen molar-refractivity contribution in [3.05, 3.63) is 30.5 Å². The maximum Gasteiger partial charge on any atom is 0.0684 e. The summed E-state index contributed by atoms with van der Waals surface area (Å²) in [5.74, 6) is 0. The second-order valence-corrected chi connectivity index (χ2v) is 2.88. The Morgan fingerprint density at radius 1 is 1.27 bits per heavy atom. The van der Waals surface area contributed by atoms with Crippen molar-refractivity contribution in [2.45, 2.75) is 0 Å². The molecule has 0 spiro atoms. The van der Waals surface area contributed by atoms with Gasteiger partial charge in [0.25, 0.3) is 0 Å². The number of rotatable bonds is 1. The zero-order valence-corrected chi connectivity index (χ0v) is 7.92. The van der Waals surface area contributed by atoms with E-state index in [0.29, 0.717) is 0 Å². The minimum Gasteiger partial charge on any atom is -0.359 e. The Morgan fingerprint density at radius 2 is 2.09 bits per heavy atom. The molecule has 0 aliphatic rings. The fraction of sp³-hybridized carbons (Fsp3) is 0. The van der Waals surface area contributed by atoms with Crippen LogP contribution in [0.3, 0.4) is 0 Å². The van der Waals surface area contributed by atoms with Crippen LogP contribution >= 0.6 is 22.9 Å². The summed E-state index contributed by atoms with van der Waals surface area (Å²) < 4.78 is 3.09. The standard InChI is InChI=1S/C8H7IN2/c9-11-8-5-10-7-4-2-1-3-6(7)8/h1-5,10-11H. The number of hydrogen-bond acceptors (Lipinski definition) is 1. The van der Waals surface area contributed by atoms with Gasteiger partial charge in [-0.3, -0.25) is 0 Å². The second-order valence-electron chi connectivity index (χ2n) is 2.34. The summed E-state index contributed by atoms with van der Waals surface area (Å²) in [5.41, 5.74) is 2.31. The van der Waals surface area contributed by atoms with Crippen molar-refractivity contribution >= 4 is 39.5 Å². The zero-order chi connectivity index (χ0) is 7.68. The quantitative estimate of drug-likeness (QED) is 0.597. The zero-order valence-electron chi connectivity index (χ0n) is 5.76. The third-order valence-corrected chi connectivity index (χ3v) is 2.27. The van der Waals surface area contributed by atoms with Crippen molar-refractivity contribution in [2.24, 2.45) is 0 Å². The fourth-order valence-electron chi connectivity index (χ4n) is 1.15. The first-order chi connectivity index (χ1) is 5.42. The molecule has 2 N–H and O–H groups in total. The molecule has 0 atom stereocenters. The number of fused-ring (bicyclic) bond motifs is 1. The van der Waals surface area contributed by atoms with Gasteiger partial charge in [0.1, 0.15) is 0 Å². The monoisotopic (exact) mass is 258 g/mol. The van der Waals surface area contributed by atoms with Crippen LogP contribution in [0.25, 0.3) is 10.9 Å². The molecule has 0 saturated heterocycles. The van der Waals surface area contributed by atoms with E-state index in [9.17, 15) is 0 Å². The van der Waals surface area contributed by atoms with Crippen LogP contribution in [0.5, 0.6) is 0 Å². The summed E-state index contributed by atoms with van der Waals surface area (Å²) in [6.45, 7) is 0. The molecule has 0 unspecified atom stereocenters. The molecule has 0 radical (unpaired) electrons. The van der Waals surface area contributed by atoms with E-state index in [4.69, 9.17) is 0 Å². The van der Waals surface area contributed by atoms with E-state index in [1.54, 1.807) is 0 Å². The predicted molar refractivity (Wildman–Crippen MR) is 55.9 cm³/mol. The molecule has 0 fully saturated rings. The number of benzene rings is 1. The SMILES string of the molecule is INc1c[nH]c2ccccc12. The molecular weight excluding hydrogens is 251 g/mol. The average molecular weight is 258 g/mol. The molecular formula is C8H7IN2. The van der Waals surface area contributed by atoms with Gasteiger partial charge in [-0.2, -0.15) is 0 Å². The van der Waals surface area contributed by atoms with Crippen LogP contribution in [0.1, 0.15) is 0 Å². The highest BCUT2D eigenvalue weighted by Gasteiger charge is 1.98. The van der Waals surface area contributed by atoms with Crippen molar-refractivity contribution in [2.75, 3.05) is 3.53 Å². The summed E-state index contributed by atoms with van der Waals surface area (Å²) >= 11 is 2.13. The number of para-hydroxylation sites is 1.